The molecule has 5 heteroatoms. The molecule has 0 spiro atoms. The van der Waals surface area contributed by atoms with Crippen molar-refractivity contribution in [1.82, 2.24) is 9.55 Å². The Kier molecular flexibility index (Phi) is 3.70. The Bertz CT molecular complexity index is 613. The van der Waals surface area contributed by atoms with E-state index in [0.717, 1.165) is 21.3 Å². The molecule has 0 aliphatic heterocycles. The van der Waals surface area contributed by atoms with E-state index >= 15 is 0 Å². The highest BCUT2D eigenvalue weighted by atomic mass is 32.2. The summed E-state index contributed by atoms with van der Waals surface area (Å²) in [6.07, 6.45) is 1.67. The number of hydrogen-bond acceptors (Lipinski definition) is 4. The van der Waals surface area contributed by atoms with Crippen LogP contribution in [0.5, 0.6) is 0 Å². The van der Waals surface area contributed by atoms with Crippen LogP contribution in [0.4, 0.5) is 0 Å². The fourth-order valence-electron chi connectivity index (χ4n) is 1.60. The van der Waals surface area contributed by atoms with Crippen LogP contribution in [-0.2, 0) is 13.7 Å². The second-order valence-corrected chi connectivity index (χ2v) is 4.98. The van der Waals surface area contributed by atoms with Gasteiger partial charge < -0.3 is 9.67 Å². The molecule has 1 aromatic carbocycles. The molecule has 18 heavy (non-hydrogen) atoms. The number of aryl methyl sites for hydroxylation is 1. The van der Waals surface area contributed by atoms with Crippen molar-refractivity contribution in [2.75, 3.05) is 0 Å². The minimum Gasteiger partial charge on any atom is -0.390 e. The van der Waals surface area contributed by atoms with Crippen LogP contribution in [0.3, 0.4) is 0 Å². The van der Waals surface area contributed by atoms with Gasteiger partial charge in [-0.3, -0.25) is 0 Å². The number of rotatable bonds is 3. The van der Waals surface area contributed by atoms with Crippen LogP contribution in [0.2, 0.25) is 0 Å². The van der Waals surface area contributed by atoms with Crippen LogP contribution in [-0.4, -0.2) is 14.7 Å². The summed E-state index contributed by atoms with van der Waals surface area (Å²) in [6.45, 7) is 1.90. The molecule has 2 aromatic rings. The van der Waals surface area contributed by atoms with E-state index < -0.39 is 0 Å². The molecule has 1 N–H and O–H groups in total. The van der Waals surface area contributed by atoms with Crippen LogP contribution < -0.4 is 0 Å². The molecule has 1 aromatic heterocycles. The van der Waals surface area contributed by atoms with Crippen LogP contribution in [0.15, 0.2) is 34.4 Å². The second-order valence-electron chi connectivity index (χ2n) is 3.94. The summed E-state index contributed by atoms with van der Waals surface area (Å²) in [4.78, 5) is 5.29. The first-order chi connectivity index (χ1) is 8.65. The quantitative estimate of drug-likeness (QED) is 0.918. The number of imidazole rings is 1. The zero-order chi connectivity index (χ0) is 13.1. The van der Waals surface area contributed by atoms with Crippen molar-refractivity contribution in [1.29, 1.82) is 5.26 Å². The molecule has 0 fully saturated rings. The third-order valence-electron chi connectivity index (χ3n) is 2.73. The minimum absolute atomic E-state index is 0.0174. The Labute approximate surface area is 110 Å². The number of aliphatic hydroxyl groups excluding tert-OH is 1. The van der Waals surface area contributed by atoms with Crippen molar-refractivity contribution in [3.8, 4) is 6.07 Å². The third-order valence-corrected chi connectivity index (χ3v) is 3.78. The number of aliphatic hydroxyl groups is 1. The Morgan fingerprint density at radius 2 is 2.28 bits per heavy atom. The lowest BCUT2D eigenvalue weighted by Crippen LogP contribution is -1.97. The van der Waals surface area contributed by atoms with Gasteiger partial charge in [-0.05, 0) is 30.7 Å². The average molecular weight is 259 g/mol. The van der Waals surface area contributed by atoms with Crippen molar-refractivity contribution in [3.05, 3.63) is 41.2 Å². The molecule has 0 unspecified atom stereocenters. The van der Waals surface area contributed by atoms with Gasteiger partial charge in [-0.1, -0.05) is 11.8 Å². The van der Waals surface area contributed by atoms with Crippen LogP contribution in [0.1, 0.15) is 16.8 Å². The fourth-order valence-corrected chi connectivity index (χ4v) is 2.54. The highest BCUT2D eigenvalue weighted by Crippen LogP contribution is 2.28. The summed E-state index contributed by atoms with van der Waals surface area (Å²) in [7, 11) is 1.87. The van der Waals surface area contributed by atoms with Gasteiger partial charge in [-0.25, -0.2) is 4.98 Å². The van der Waals surface area contributed by atoms with Gasteiger partial charge in [0.15, 0.2) is 5.16 Å². The maximum Gasteiger partial charge on any atom is 0.172 e. The van der Waals surface area contributed by atoms with Gasteiger partial charge in [0.25, 0.3) is 0 Å². The summed E-state index contributed by atoms with van der Waals surface area (Å²) in [5, 5.41) is 18.8. The summed E-state index contributed by atoms with van der Waals surface area (Å²) in [6, 6.07) is 7.84. The van der Waals surface area contributed by atoms with Crippen molar-refractivity contribution >= 4 is 11.8 Å². The van der Waals surface area contributed by atoms with Crippen molar-refractivity contribution < 1.29 is 5.11 Å². The molecule has 0 atom stereocenters. The lowest BCUT2D eigenvalue weighted by molar-refractivity contribution is 0.271. The zero-order valence-corrected chi connectivity index (χ0v) is 11.0. The van der Waals surface area contributed by atoms with Gasteiger partial charge in [0, 0.05) is 11.9 Å². The summed E-state index contributed by atoms with van der Waals surface area (Å²) < 4.78 is 1.86. The Balaban J connectivity index is 2.26. The molecular formula is C13H13N3OS. The molecule has 0 aliphatic rings. The van der Waals surface area contributed by atoms with E-state index in [9.17, 15) is 0 Å². The lowest BCUT2D eigenvalue weighted by Gasteiger charge is -2.05. The molecule has 1 heterocycles. The second kappa shape index (κ2) is 5.25. The van der Waals surface area contributed by atoms with E-state index in [1.54, 1.807) is 6.20 Å². The zero-order valence-electron chi connectivity index (χ0n) is 10.2. The maximum absolute atomic E-state index is 9.10. The van der Waals surface area contributed by atoms with Crippen LogP contribution >= 0.6 is 11.8 Å². The third kappa shape index (κ3) is 2.40. The summed E-state index contributed by atoms with van der Waals surface area (Å²) in [5.41, 5.74) is 2.43. The highest BCUT2D eigenvalue weighted by molar-refractivity contribution is 7.99. The first-order valence-electron chi connectivity index (χ1n) is 5.45. The fraction of sp³-hybridized carbons (Fsp3) is 0.231. The standard InChI is InChI=1S/C13H13N3OS/c1-9-5-12(4-3-10(9)6-14)18-13-15-7-11(8-17)16(13)2/h3-5,7,17H,8H2,1-2H3. The molecule has 0 amide bonds. The lowest BCUT2D eigenvalue weighted by atomic mass is 10.1. The normalized spacial score (nSPS) is 10.3. The van der Waals surface area contributed by atoms with E-state index in [1.165, 1.54) is 11.8 Å². The predicted molar refractivity (Wildman–Crippen MR) is 69.1 cm³/mol. The maximum atomic E-state index is 9.10. The van der Waals surface area contributed by atoms with Crippen molar-refractivity contribution in [2.45, 2.75) is 23.6 Å². The number of aromatic nitrogens is 2. The molecule has 0 saturated heterocycles. The number of hydrogen-bond donors (Lipinski definition) is 1. The van der Waals surface area contributed by atoms with Gasteiger partial charge in [0.05, 0.1) is 30.1 Å². The molecule has 92 valence electrons. The Morgan fingerprint density at radius 3 is 2.83 bits per heavy atom. The van der Waals surface area contributed by atoms with E-state index in [0.29, 0.717) is 5.56 Å². The molecular weight excluding hydrogens is 246 g/mol. The van der Waals surface area contributed by atoms with E-state index in [2.05, 4.69) is 11.1 Å². The topological polar surface area (TPSA) is 61.8 Å². The molecule has 4 nitrogen and oxygen atoms in total. The van der Waals surface area contributed by atoms with Gasteiger partial charge in [0.2, 0.25) is 0 Å². The van der Waals surface area contributed by atoms with Crippen LogP contribution in [0.25, 0.3) is 0 Å². The van der Waals surface area contributed by atoms with Crippen molar-refractivity contribution in [2.24, 2.45) is 7.05 Å². The smallest absolute Gasteiger partial charge is 0.172 e. The monoisotopic (exact) mass is 259 g/mol. The number of nitrogens with zero attached hydrogens (tertiary/aromatic N) is 3. The Morgan fingerprint density at radius 1 is 1.50 bits per heavy atom. The largest absolute Gasteiger partial charge is 0.390 e. The Hall–Kier alpha value is -1.77. The molecule has 0 radical (unpaired) electrons. The van der Waals surface area contributed by atoms with E-state index in [4.69, 9.17) is 10.4 Å². The molecule has 0 aliphatic carbocycles. The number of benzene rings is 1. The highest BCUT2D eigenvalue weighted by Gasteiger charge is 2.08. The SMILES string of the molecule is Cc1cc(Sc2ncc(CO)n2C)ccc1C#N. The number of nitriles is 1. The van der Waals surface area contributed by atoms with Gasteiger partial charge in [-0.15, -0.1) is 0 Å². The van der Waals surface area contributed by atoms with Crippen molar-refractivity contribution in [3.63, 3.8) is 0 Å². The van der Waals surface area contributed by atoms with Gasteiger partial charge in [-0.2, -0.15) is 5.26 Å². The molecule has 0 bridgehead atoms. The average Bonchev–Trinajstić information content (AvgIpc) is 2.71. The van der Waals surface area contributed by atoms with Crippen LogP contribution in [0, 0.1) is 18.3 Å². The van der Waals surface area contributed by atoms with Gasteiger partial charge in [0.1, 0.15) is 0 Å². The van der Waals surface area contributed by atoms with E-state index in [1.807, 2.05) is 36.7 Å². The minimum atomic E-state index is -0.0174. The van der Waals surface area contributed by atoms with E-state index in [-0.39, 0.29) is 6.61 Å². The predicted octanol–water partition coefficient (Wildman–Crippen LogP) is 2.24. The first kappa shape index (κ1) is 12.7. The summed E-state index contributed by atoms with van der Waals surface area (Å²) >= 11 is 1.52. The summed E-state index contributed by atoms with van der Waals surface area (Å²) in [5.74, 6) is 0. The molecule has 0 saturated carbocycles. The van der Waals surface area contributed by atoms with Gasteiger partial charge >= 0.3 is 0 Å². The first-order valence-corrected chi connectivity index (χ1v) is 6.27. The molecule has 2 rings (SSSR count).